The van der Waals surface area contributed by atoms with Crippen molar-refractivity contribution >= 4 is 0 Å². The molecule has 1 atom stereocenters. The van der Waals surface area contributed by atoms with Crippen LogP contribution in [0.4, 0.5) is 0 Å². The first-order chi connectivity index (χ1) is 5.38. The fourth-order valence-electron chi connectivity index (χ4n) is 0.986. The highest BCUT2D eigenvalue weighted by Crippen LogP contribution is 2.08. The fraction of sp³-hybridized carbons (Fsp3) is 0.250. The van der Waals surface area contributed by atoms with Gasteiger partial charge in [-0.05, 0) is 5.56 Å². The maximum Gasteiger partial charge on any atom is 0.0582 e. The van der Waals surface area contributed by atoms with E-state index in [9.17, 15) is 0 Å². The van der Waals surface area contributed by atoms with Gasteiger partial charge in [0.1, 0.15) is 0 Å². The predicted octanol–water partition coefficient (Wildman–Crippen LogP) is 0.150. The Kier molecular flexibility index (Phi) is 3.04. The largest absolute Gasteiger partial charge is 0.329 e. The molecule has 0 amide bonds. The summed E-state index contributed by atoms with van der Waals surface area (Å²) in [7, 11) is 0. The molecular formula is C8H13N3. The van der Waals surface area contributed by atoms with Crippen molar-refractivity contribution in [2.24, 2.45) is 11.6 Å². The molecule has 0 aliphatic carbocycles. The Labute approximate surface area is 66.4 Å². The molecule has 0 aromatic heterocycles. The first kappa shape index (κ1) is 8.20. The first-order valence-electron chi connectivity index (χ1n) is 3.59. The molecule has 0 radical (unpaired) electrons. The second-order valence-corrected chi connectivity index (χ2v) is 2.37. The Bertz CT molecular complexity index is 194. The van der Waals surface area contributed by atoms with Gasteiger partial charge in [0.05, 0.1) is 6.04 Å². The van der Waals surface area contributed by atoms with Crippen LogP contribution >= 0.6 is 0 Å². The number of nitrogens with one attached hydrogen (secondary N) is 1. The van der Waals surface area contributed by atoms with Crippen molar-refractivity contribution in [2.75, 3.05) is 6.54 Å². The second kappa shape index (κ2) is 4.08. The van der Waals surface area contributed by atoms with Crippen molar-refractivity contribution in [3.05, 3.63) is 35.9 Å². The fourth-order valence-corrected chi connectivity index (χ4v) is 0.986. The van der Waals surface area contributed by atoms with Gasteiger partial charge in [-0.2, -0.15) is 0 Å². The van der Waals surface area contributed by atoms with Gasteiger partial charge in [-0.25, -0.2) is 0 Å². The maximum absolute atomic E-state index is 5.47. The lowest BCUT2D eigenvalue weighted by Crippen LogP contribution is -2.33. The van der Waals surface area contributed by atoms with E-state index >= 15 is 0 Å². The quantitative estimate of drug-likeness (QED) is 0.425. The summed E-state index contributed by atoms with van der Waals surface area (Å²) in [6.07, 6.45) is 0. The molecule has 1 rings (SSSR count). The van der Waals surface area contributed by atoms with Crippen LogP contribution in [0.15, 0.2) is 30.3 Å². The molecule has 0 unspecified atom stereocenters. The Balaban J connectivity index is 2.74. The molecule has 0 bridgehead atoms. The van der Waals surface area contributed by atoms with Crippen LogP contribution in [0.2, 0.25) is 0 Å². The number of hydrogen-bond acceptors (Lipinski definition) is 3. The van der Waals surface area contributed by atoms with Gasteiger partial charge in [0.2, 0.25) is 0 Å². The molecule has 1 aromatic rings. The molecule has 5 N–H and O–H groups in total. The lowest BCUT2D eigenvalue weighted by atomic mass is 10.1. The molecular weight excluding hydrogens is 138 g/mol. The summed E-state index contributed by atoms with van der Waals surface area (Å²) in [5.41, 5.74) is 9.24. The zero-order chi connectivity index (χ0) is 8.10. The van der Waals surface area contributed by atoms with Crippen LogP contribution in [0.25, 0.3) is 0 Å². The van der Waals surface area contributed by atoms with Crippen LogP contribution in [0.3, 0.4) is 0 Å². The molecule has 60 valence electrons. The minimum absolute atomic E-state index is 0.0659. The van der Waals surface area contributed by atoms with Crippen LogP contribution in [-0.4, -0.2) is 6.54 Å². The van der Waals surface area contributed by atoms with Crippen molar-refractivity contribution in [3.8, 4) is 0 Å². The molecule has 0 aliphatic rings. The molecule has 0 heterocycles. The molecule has 0 aliphatic heterocycles. The van der Waals surface area contributed by atoms with Gasteiger partial charge in [0.15, 0.2) is 0 Å². The minimum Gasteiger partial charge on any atom is -0.329 e. The first-order valence-corrected chi connectivity index (χ1v) is 3.59. The number of hydrazine groups is 1. The van der Waals surface area contributed by atoms with Crippen LogP contribution in [0, 0.1) is 0 Å². The summed E-state index contributed by atoms with van der Waals surface area (Å²) in [6.45, 7) is 0.514. The number of hydrogen-bond donors (Lipinski definition) is 3. The minimum atomic E-state index is 0.0659. The summed E-state index contributed by atoms with van der Waals surface area (Å²) in [4.78, 5) is 0. The predicted molar refractivity (Wildman–Crippen MR) is 45.6 cm³/mol. The van der Waals surface area contributed by atoms with Crippen molar-refractivity contribution in [2.45, 2.75) is 6.04 Å². The molecule has 0 saturated heterocycles. The lowest BCUT2D eigenvalue weighted by molar-refractivity contribution is 0.564. The monoisotopic (exact) mass is 151 g/mol. The zero-order valence-corrected chi connectivity index (χ0v) is 6.33. The SMILES string of the molecule is NC[C@@H](NN)c1ccccc1. The van der Waals surface area contributed by atoms with Crippen LogP contribution in [-0.2, 0) is 0 Å². The Hall–Kier alpha value is -0.900. The standard InChI is InChI=1S/C8H13N3/c9-6-8(11-10)7-4-2-1-3-5-7/h1-5,8,11H,6,9-10H2/t8-/m1/s1. The van der Waals surface area contributed by atoms with Crippen molar-refractivity contribution < 1.29 is 0 Å². The molecule has 0 spiro atoms. The van der Waals surface area contributed by atoms with E-state index in [0.29, 0.717) is 6.54 Å². The molecule has 1 aromatic carbocycles. The smallest absolute Gasteiger partial charge is 0.0582 e. The van der Waals surface area contributed by atoms with Crippen molar-refractivity contribution in [1.29, 1.82) is 0 Å². The highest BCUT2D eigenvalue weighted by molar-refractivity contribution is 5.18. The third-order valence-corrected chi connectivity index (χ3v) is 1.64. The van der Waals surface area contributed by atoms with E-state index in [1.165, 1.54) is 0 Å². The van der Waals surface area contributed by atoms with E-state index in [0.717, 1.165) is 5.56 Å². The maximum atomic E-state index is 5.47. The Morgan fingerprint density at radius 3 is 2.36 bits per heavy atom. The van der Waals surface area contributed by atoms with E-state index in [2.05, 4.69) is 5.43 Å². The van der Waals surface area contributed by atoms with Gasteiger partial charge in [0, 0.05) is 6.54 Å². The van der Waals surface area contributed by atoms with Crippen LogP contribution < -0.4 is 17.0 Å². The van der Waals surface area contributed by atoms with Gasteiger partial charge in [-0.3, -0.25) is 11.3 Å². The van der Waals surface area contributed by atoms with Gasteiger partial charge >= 0.3 is 0 Å². The highest BCUT2D eigenvalue weighted by atomic mass is 15.2. The number of nitrogens with two attached hydrogens (primary N) is 2. The highest BCUT2D eigenvalue weighted by Gasteiger charge is 2.04. The normalized spacial score (nSPS) is 12.9. The van der Waals surface area contributed by atoms with Gasteiger partial charge in [-0.15, -0.1) is 0 Å². The Morgan fingerprint density at radius 2 is 1.91 bits per heavy atom. The summed E-state index contributed by atoms with van der Waals surface area (Å²) in [5.74, 6) is 5.29. The summed E-state index contributed by atoms with van der Waals surface area (Å²) >= 11 is 0. The summed E-state index contributed by atoms with van der Waals surface area (Å²) in [5, 5.41) is 0. The van der Waals surface area contributed by atoms with Crippen LogP contribution in [0.1, 0.15) is 11.6 Å². The topological polar surface area (TPSA) is 64.1 Å². The number of rotatable bonds is 3. The molecule has 3 heteroatoms. The van der Waals surface area contributed by atoms with Crippen molar-refractivity contribution in [1.82, 2.24) is 5.43 Å². The second-order valence-electron chi connectivity index (χ2n) is 2.37. The zero-order valence-electron chi connectivity index (χ0n) is 6.33. The molecule has 3 nitrogen and oxygen atoms in total. The number of benzene rings is 1. The third kappa shape index (κ3) is 2.01. The average Bonchev–Trinajstić information content (AvgIpc) is 2.09. The van der Waals surface area contributed by atoms with Gasteiger partial charge in [-0.1, -0.05) is 30.3 Å². The average molecular weight is 151 g/mol. The third-order valence-electron chi connectivity index (χ3n) is 1.64. The lowest BCUT2D eigenvalue weighted by Gasteiger charge is -2.12. The van der Waals surface area contributed by atoms with Gasteiger partial charge < -0.3 is 5.73 Å². The Morgan fingerprint density at radius 1 is 1.27 bits per heavy atom. The van der Waals surface area contributed by atoms with E-state index in [1.807, 2.05) is 30.3 Å². The van der Waals surface area contributed by atoms with Crippen molar-refractivity contribution in [3.63, 3.8) is 0 Å². The van der Waals surface area contributed by atoms with E-state index in [4.69, 9.17) is 11.6 Å². The molecule has 11 heavy (non-hydrogen) atoms. The van der Waals surface area contributed by atoms with Gasteiger partial charge in [0.25, 0.3) is 0 Å². The summed E-state index contributed by atoms with van der Waals surface area (Å²) in [6, 6.07) is 9.96. The molecule has 0 fully saturated rings. The van der Waals surface area contributed by atoms with E-state index in [-0.39, 0.29) is 6.04 Å². The van der Waals surface area contributed by atoms with Crippen LogP contribution in [0.5, 0.6) is 0 Å². The summed E-state index contributed by atoms with van der Waals surface area (Å²) < 4.78 is 0. The van der Waals surface area contributed by atoms with E-state index in [1.54, 1.807) is 0 Å². The van der Waals surface area contributed by atoms with E-state index < -0.39 is 0 Å². The molecule has 0 saturated carbocycles.